The summed E-state index contributed by atoms with van der Waals surface area (Å²) in [7, 11) is 0. The Morgan fingerprint density at radius 2 is 0.957 bits per heavy atom. The molecule has 16 nitrogen and oxygen atoms in total. The van der Waals surface area contributed by atoms with Crippen molar-refractivity contribution < 1.29 is 28.7 Å². The summed E-state index contributed by atoms with van der Waals surface area (Å²) in [6.07, 6.45) is 2.12. The van der Waals surface area contributed by atoms with E-state index < -0.39 is 80.1 Å². The van der Waals surface area contributed by atoms with E-state index in [0.717, 1.165) is 12.2 Å². The lowest BCUT2D eigenvalue weighted by Crippen LogP contribution is -2.38. The second-order valence-corrected chi connectivity index (χ2v) is 11.2. The van der Waals surface area contributed by atoms with E-state index in [1.807, 2.05) is 0 Å². The van der Waals surface area contributed by atoms with Crippen molar-refractivity contribution in [3.63, 3.8) is 0 Å². The lowest BCUT2D eigenvalue weighted by Gasteiger charge is -2.18. The zero-order chi connectivity index (χ0) is 34.3. The number of rotatable bonds is 16. The van der Waals surface area contributed by atoms with Crippen LogP contribution in [0.15, 0.2) is 44.5 Å². The highest BCUT2D eigenvalue weighted by Gasteiger charge is 2.33. The molecule has 3 rings (SSSR count). The first-order valence-corrected chi connectivity index (χ1v) is 14.5. The van der Waals surface area contributed by atoms with Crippen molar-refractivity contribution in [2.24, 2.45) is 11.8 Å². The van der Waals surface area contributed by atoms with Crippen molar-refractivity contribution in [3.8, 4) is 0 Å². The van der Waals surface area contributed by atoms with Gasteiger partial charge in [-0.25, -0.2) is 19.6 Å². The smallest absolute Gasteiger partial charge is 0.329 e. The van der Waals surface area contributed by atoms with Crippen LogP contribution in [0.1, 0.15) is 52.6 Å². The number of aromatic nitrogens is 4. The quantitative estimate of drug-likeness (QED) is 0.116. The minimum absolute atomic E-state index is 0.0188. The Morgan fingerprint density at radius 3 is 1.22 bits per heavy atom. The van der Waals surface area contributed by atoms with E-state index >= 15 is 0 Å². The average Bonchev–Trinajstić information content (AvgIpc) is 3.40. The third kappa shape index (κ3) is 7.68. The van der Waals surface area contributed by atoms with Crippen LogP contribution in [0.25, 0.3) is 22.1 Å². The van der Waals surface area contributed by atoms with Gasteiger partial charge in [-0.3, -0.25) is 37.9 Å². The summed E-state index contributed by atoms with van der Waals surface area (Å²) in [5, 5.41) is 4.87. The third-order valence-corrected chi connectivity index (χ3v) is 6.80. The predicted octanol–water partition coefficient (Wildman–Crippen LogP) is -0.432. The standard InChI is InChI=1S/C30H36N6O10/c1-7-19(37)31-9-11-45-29(43)17(13-15(3)4)35-25(39)21-22(26(35)40)34-24-23(33-21)27(41)36(28(24)42)18(14-16(5)6)30(44)46-12-10-32-20(38)8-2/h7-8,15-18H,1-2,9-14H2,3-6H3,(H,31,37)(H,32,38). The highest BCUT2D eigenvalue weighted by Crippen LogP contribution is 2.20. The minimum Gasteiger partial charge on any atom is -0.462 e. The van der Waals surface area contributed by atoms with Gasteiger partial charge in [0.05, 0.1) is 13.1 Å². The monoisotopic (exact) mass is 640 g/mol. The number of fused-ring (bicyclic) bond motifs is 2. The number of esters is 2. The molecule has 3 aromatic rings. The first kappa shape index (κ1) is 35.2. The summed E-state index contributed by atoms with van der Waals surface area (Å²) in [5.41, 5.74) is -6.21. The summed E-state index contributed by atoms with van der Waals surface area (Å²) in [6.45, 7) is 13.1. The van der Waals surface area contributed by atoms with Gasteiger partial charge in [-0.1, -0.05) is 40.9 Å². The van der Waals surface area contributed by atoms with Crippen molar-refractivity contribution in [2.45, 2.75) is 52.6 Å². The SMILES string of the molecule is C=CC(=O)NCCOC(=O)C(CC(C)C)n1c(=O)c2nc3c(=O)n(C(CC(C)C)C(=O)OCCNC(=O)C=C)c(=O)c3nc2c1=O. The van der Waals surface area contributed by atoms with Crippen LogP contribution in [-0.4, -0.2) is 69.2 Å². The average molecular weight is 641 g/mol. The maximum absolute atomic E-state index is 13.5. The zero-order valence-corrected chi connectivity index (χ0v) is 26.0. The Morgan fingerprint density at radius 1 is 0.652 bits per heavy atom. The molecule has 0 radical (unpaired) electrons. The zero-order valence-electron chi connectivity index (χ0n) is 26.0. The van der Waals surface area contributed by atoms with E-state index in [2.05, 4.69) is 33.8 Å². The molecule has 0 aliphatic carbocycles. The largest absolute Gasteiger partial charge is 0.462 e. The molecule has 0 spiro atoms. The van der Waals surface area contributed by atoms with Gasteiger partial charge in [0.15, 0.2) is 22.1 Å². The third-order valence-electron chi connectivity index (χ3n) is 6.80. The molecule has 0 aliphatic heterocycles. The molecule has 0 aromatic carbocycles. The Hall–Kier alpha value is -5.28. The number of amides is 2. The Kier molecular flexibility index (Phi) is 11.6. The second kappa shape index (κ2) is 15.1. The van der Waals surface area contributed by atoms with Crippen LogP contribution >= 0.6 is 0 Å². The van der Waals surface area contributed by atoms with E-state index in [4.69, 9.17) is 9.47 Å². The van der Waals surface area contributed by atoms with Gasteiger partial charge in [-0.15, -0.1) is 0 Å². The molecule has 2 unspecified atom stereocenters. The van der Waals surface area contributed by atoms with E-state index in [1.165, 1.54) is 0 Å². The summed E-state index contributed by atoms with van der Waals surface area (Å²) in [6, 6.07) is -2.77. The highest BCUT2D eigenvalue weighted by molar-refractivity contribution is 5.88. The molecule has 3 aromatic heterocycles. The first-order chi connectivity index (χ1) is 21.7. The maximum atomic E-state index is 13.5. The van der Waals surface area contributed by atoms with Crippen LogP contribution < -0.4 is 32.9 Å². The predicted molar refractivity (Wildman–Crippen MR) is 166 cm³/mol. The molecule has 2 N–H and O–H groups in total. The second-order valence-electron chi connectivity index (χ2n) is 11.2. The number of carbonyl (C=O) groups is 4. The van der Waals surface area contributed by atoms with Crippen LogP contribution in [0.4, 0.5) is 0 Å². The molecular formula is C30H36N6O10. The molecule has 3 heterocycles. The van der Waals surface area contributed by atoms with Crippen LogP contribution in [0.3, 0.4) is 0 Å². The van der Waals surface area contributed by atoms with E-state index in [-0.39, 0.29) is 51.0 Å². The molecule has 0 aliphatic rings. The van der Waals surface area contributed by atoms with Crippen LogP contribution in [-0.2, 0) is 28.7 Å². The Balaban J connectivity index is 2.05. The van der Waals surface area contributed by atoms with Crippen molar-refractivity contribution in [2.75, 3.05) is 26.3 Å². The van der Waals surface area contributed by atoms with E-state index in [9.17, 15) is 38.4 Å². The van der Waals surface area contributed by atoms with Crippen LogP contribution in [0.5, 0.6) is 0 Å². The van der Waals surface area contributed by atoms with Crippen molar-refractivity contribution in [1.82, 2.24) is 29.7 Å². The number of ether oxygens (including phenoxy) is 2. The van der Waals surface area contributed by atoms with Gasteiger partial charge >= 0.3 is 11.9 Å². The molecule has 2 amide bonds. The van der Waals surface area contributed by atoms with Crippen LogP contribution in [0.2, 0.25) is 0 Å². The van der Waals surface area contributed by atoms with Crippen molar-refractivity contribution >= 4 is 45.8 Å². The molecule has 46 heavy (non-hydrogen) atoms. The number of hydrogen-bond acceptors (Lipinski definition) is 12. The number of carbonyl (C=O) groups excluding carboxylic acids is 4. The molecule has 246 valence electrons. The molecule has 0 bridgehead atoms. The van der Waals surface area contributed by atoms with Gasteiger partial charge in [-0.2, -0.15) is 0 Å². The lowest BCUT2D eigenvalue weighted by molar-refractivity contribution is -0.149. The number of nitrogens with one attached hydrogen (secondary N) is 2. The van der Waals surface area contributed by atoms with Gasteiger partial charge < -0.3 is 20.1 Å². The fourth-order valence-corrected chi connectivity index (χ4v) is 4.73. The summed E-state index contributed by atoms with van der Waals surface area (Å²) < 4.78 is 11.7. The van der Waals surface area contributed by atoms with Gasteiger partial charge in [0.25, 0.3) is 22.2 Å². The number of hydrogen-bond donors (Lipinski definition) is 2. The Labute approximate surface area is 261 Å². The molecule has 0 saturated carbocycles. The summed E-state index contributed by atoms with van der Waals surface area (Å²) in [4.78, 5) is 111. The summed E-state index contributed by atoms with van der Waals surface area (Å²) in [5.74, 6) is -3.15. The first-order valence-electron chi connectivity index (χ1n) is 14.5. The topological polar surface area (TPSA) is 215 Å². The normalized spacial score (nSPS) is 12.7. The van der Waals surface area contributed by atoms with Crippen molar-refractivity contribution in [1.29, 1.82) is 0 Å². The van der Waals surface area contributed by atoms with E-state index in [0.29, 0.717) is 9.13 Å². The summed E-state index contributed by atoms with van der Waals surface area (Å²) >= 11 is 0. The number of nitrogens with zero attached hydrogens (tertiary/aromatic N) is 4. The fraction of sp³-hybridized carbons (Fsp3) is 0.467. The maximum Gasteiger partial charge on any atom is 0.329 e. The molecule has 16 heteroatoms. The molecule has 0 saturated heterocycles. The lowest BCUT2D eigenvalue weighted by atomic mass is 10.0. The van der Waals surface area contributed by atoms with Gasteiger partial charge in [-0.05, 0) is 36.8 Å². The van der Waals surface area contributed by atoms with Crippen molar-refractivity contribution in [3.05, 3.63) is 66.7 Å². The van der Waals surface area contributed by atoms with Gasteiger partial charge in [0, 0.05) is 0 Å². The molecule has 2 atom stereocenters. The Bertz CT molecular complexity index is 1670. The molecule has 0 fully saturated rings. The minimum atomic E-state index is -1.38. The van der Waals surface area contributed by atoms with Crippen LogP contribution in [0, 0.1) is 11.8 Å². The van der Waals surface area contributed by atoms with Gasteiger partial charge in [0.1, 0.15) is 25.3 Å². The van der Waals surface area contributed by atoms with Gasteiger partial charge in [0.2, 0.25) is 11.8 Å². The molecular weight excluding hydrogens is 604 g/mol. The van der Waals surface area contributed by atoms with E-state index in [1.54, 1.807) is 27.7 Å². The highest BCUT2D eigenvalue weighted by atomic mass is 16.5. The fourth-order valence-electron chi connectivity index (χ4n) is 4.73.